The van der Waals surface area contributed by atoms with Crippen LogP contribution >= 0.6 is 0 Å². The van der Waals surface area contributed by atoms with Crippen LogP contribution in [0, 0.1) is 23.7 Å². The molecule has 2 saturated carbocycles. The molecule has 1 atom stereocenters. The van der Waals surface area contributed by atoms with Crippen LogP contribution < -0.4 is 5.32 Å². The number of nitrogens with one attached hydrogen (secondary N) is 1. The van der Waals surface area contributed by atoms with E-state index in [2.05, 4.69) is 19.2 Å². The van der Waals surface area contributed by atoms with E-state index in [1.54, 1.807) is 0 Å². The normalized spacial score (nSPS) is 43.2. The molecule has 0 aromatic rings. The highest BCUT2D eigenvalue weighted by Crippen LogP contribution is 2.42. The van der Waals surface area contributed by atoms with E-state index in [1.807, 2.05) is 0 Å². The third-order valence-electron chi connectivity index (χ3n) is 5.33. The number of hydrogen-bond acceptors (Lipinski definition) is 2. The summed E-state index contributed by atoms with van der Waals surface area (Å²) in [5.74, 6) is 3.55. The summed E-state index contributed by atoms with van der Waals surface area (Å²) in [6.45, 7) is 6.95. The fraction of sp³-hybridized carbons (Fsp3) is 1.00. The molecule has 3 fully saturated rings. The van der Waals surface area contributed by atoms with E-state index in [4.69, 9.17) is 4.74 Å². The van der Waals surface area contributed by atoms with Crippen LogP contribution in [0.25, 0.3) is 0 Å². The standard InChI is InChI=1S/C15H27NO/c1-11(2)12-5-7-15(8-6-12)16-9-14(10-17-15)13-3-4-13/h11-14,16H,3-10H2,1-2H3. The van der Waals surface area contributed by atoms with E-state index in [0.717, 1.165) is 30.3 Å². The summed E-state index contributed by atoms with van der Waals surface area (Å²) in [7, 11) is 0. The molecule has 1 heterocycles. The minimum atomic E-state index is 0.0663. The summed E-state index contributed by atoms with van der Waals surface area (Å²) in [5, 5.41) is 3.74. The minimum Gasteiger partial charge on any atom is -0.360 e. The van der Waals surface area contributed by atoms with Crippen molar-refractivity contribution in [3.63, 3.8) is 0 Å². The average Bonchev–Trinajstić information content (AvgIpc) is 3.15. The summed E-state index contributed by atoms with van der Waals surface area (Å²) in [5.41, 5.74) is 0.0663. The molecule has 2 nitrogen and oxygen atoms in total. The lowest BCUT2D eigenvalue weighted by atomic mass is 9.77. The van der Waals surface area contributed by atoms with Crippen LogP contribution in [0.5, 0.6) is 0 Å². The summed E-state index contributed by atoms with van der Waals surface area (Å²) in [4.78, 5) is 0. The second kappa shape index (κ2) is 4.55. The van der Waals surface area contributed by atoms with Crippen molar-refractivity contribution >= 4 is 0 Å². The predicted molar refractivity (Wildman–Crippen MR) is 69.7 cm³/mol. The van der Waals surface area contributed by atoms with Gasteiger partial charge in [-0.25, -0.2) is 0 Å². The predicted octanol–water partition coefficient (Wildman–Crippen LogP) is 3.17. The number of rotatable bonds is 2. The summed E-state index contributed by atoms with van der Waals surface area (Å²) < 4.78 is 6.24. The molecule has 1 unspecified atom stereocenters. The van der Waals surface area contributed by atoms with E-state index in [0.29, 0.717) is 0 Å². The summed E-state index contributed by atoms with van der Waals surface area (Å²) in [6.07, 6.45) is 8.04. The Labute approximate surface area is 105 Å². The Kier molecular flexibility index (Phi) is 3.20. The van der Waals surface area contributed by atoms with Crippen molar-refractivity contribution in [2.75, 3.05) is 13.2 Å². The van der Waals surface area contributed by atoms with Gasteiger partial charge in [0.25, 0.3) is 0 Å². The van der Waals surface area contributed by atoms with Crippen molar-refractivity contribution in [2.45, 2.75) is 58.1 Å². The van der Waals surface area contributed by atoms with Gasteiger partial charge in [0.15, 0.2) is 0 Å². The zero-order valence-electron chi connectivity index (χ0n) is 11.4. The van der Waals surface area contributed by atoms with Crippen LogP contribution in [0.3, 0.4) is 0 Å². The van der Waals surface area contributed by atoms with Gasteiger partial charge in [-0.15, -0.1) is 0 Å². The monoisotopic (exact) mass is 237 g/mol. The van der Waals surface area contributed by atoms with Crippen molar-refractivity contribution in [2.24, 2.45) is 23.7 Å². The molecule has 98 valence electrons. The van der Waals surface area contributed by atoms with Gasteiger partial charge in [-0.2, -0.15) is 0 Å². The van der Waals surface area contributed by atoms with E-state index in [9.17, 15) is 0 Å². The Morgan fingerprint density at radius 1 is 1.06 bits per heavy atom. The topological polar surface area (TPSA) is 21.3 Å². The molecule has 2 aliphatic carbocycles. The van der Waals surface area contributed by atoms with E-state index >= 15 is 0 Å². The van der Waals surface area contributed by atoms with Crippen molar-refractivity contribution in [1.82, 2.24) is 5.32 Å². The van der Waals surface area contributed by atoms with Crippen molar-refractivity contribution in [3.8, 4) is 0 Å². The minimum absolute atomic E-state index is 0.0663. The molecule has 0 aromatic heterocycles. The molecule has 0 amide bonds. The maximum Gasteiger partial charge on any atom is 0.119 e. The van der Waals surface area contributed by atoms with Crippen LogP contribution in [-0.2, 0) is 4.74 Å². The largest absolute Gasteiger partial charge is 0.360 e. The average molecular weight is 237 g/mol. The molecular weight excluding hydrogens is 210 g/mol. The Hall–Kier alpha value is -0.0800. The summed E-state index contributed by atoms with van der Waals surface area (Å²) >= 11 is 0. The second-order valence-electron chi connectivity index (χ2n) is 6.87. The van der Waals surface area contributed by atoms with Gasteiger partial charge in [0.05, 0.1) is 6.61 Å². The Bertz CT molecular complexity index is 233. The summed E-state index contributed by atoms with van der Waals surface area (Å²) in [6, 6.07) is 0. The van der Waals surface area contributed by atoms with Crippen molar-refractivity contribution in [3.05, 3.63) is 0 Å². The van der Waals surface area contributed by atoms with Crippen molar-refractivity contribution < 1.29 is 4.74 Å². The van der Waals surface area contributed by atoms with Gasteiger partial charge in [-0.3, -0.25) is 5.32 Å². The smallest absolute Gasteiger partial charge is 0.119 e. The molecule has 17 heavy (non-hydrogen) atoms. The second-order valence-corrected chi connectivity index (χ2v) is 6.87. The van der Waals surface area contributed by atoms with Gasteiger partial charge in [-0.05, 0) is 62.2 Å². The van der Waals surface area contributed by atoms with Gasteiger partial charge in [-0.1, -0.05) is 13.8 Å². The van der Waals surface area contributed by atoms with Gasteiger partial charge in [0, 0.05) is 6.54 Å². The first-order chi connectivity index (χ1) is 8.19. The molecular formula is C15H27NO. The highest BCUT2D eigenvalue weighted by atomic mass is 16.5. The fourth-order valence-electron chi connectivity index (χ4n) is 3.66. The van der Waals surface area contributed by atoms with Gasteiger partial charge >= 0.3 is 0 Å². The van der Waals surface area contributed by atoms with Crippen LogP contribution in [-0.4, -0.2) is 18.9 Å². The zero-order chi connectivity index (χ0) is 11.9. The molecule has 0 aromatic carbocycles. The third kappa shape index (κ3) is 2.53. The lowest BCUT2D eigenvalue weighted by Gasteiger charge is -2.46. The van der Waals surface area contributed by atoms with Crippen LogP contribution in [0.4, 0.5) is 0 Å². The van der Waals surface area contributed by atoms with Crippen LogP contribution in [0.2, 0.25) is 0 Å². The first kappa shape index (κ1) is 12.0. The van der Waals surface area contributed by atoms with E-state index in [-0.39, 0.29) is 5.72 Å². The molecule has 1 saturated heterocycles. The van der Waals surface area contributed by atoms with E-state index < -0.39 is 0 Å². The lowest BCUT2D eigenvalue weighted by Crippen LogP contribution is -2.57. The molecule has 1 aliphatic heterocycles. The maximum atomic E-state index is 6.24. The lowest BCUT2D eigenvalue weighted by molar-refractivity contribution is -0.145. The van der Waals surface area contributed by atoms with Crippen LogP contribution in [0.1, 0.15) is 52.4 Å². The Balaban J connectivity index is 1.51. The number of hydrogen-bond donors (Lipinski definition) is 1. The Morgan fingerprint density at radius 2 is 1.76 bits per heavy atom. The molecule has 0 radical (unpaired) electrons. The third-order valence-corrected chi connectivity index (χ3v) is 5.33. The fourth-order valence-corrected chi connectivity index (χ4v) is 3.66. The SMILES string of the molecule is CC(C)C1CCC2(CC1)NCC(C1CC1)CO2. The molecule has 0 bridgehead atoms. The Morgan fingerprint density at radius 3 is 2.24 bits per heavy atom. The highest BCUT2D eigenvalue weighted by Gasteiger charge is 2.43. The molecule has 1 N–H and O–H groups in total. The number of ether oxygens (including phenoxy) is 1. The maximum absolute atomic E-state index is 6.24. The first-order valence-corrected chi connectivity index (χ1v) is 7.57. The zero-order valence-corrected chi connectivity index (χ0v) is 11.4. The molecule has 3 rings (SSSR count). The quantitative estimate of drug-likeness (QED) is 0.796. The van der Waals surface area contributed by atoms with E-state index in [1.165, 1.54) is 45.1 Å². The van der Waals surface area contributed by atoms with Gasteiger partial charge in [0.2, 0.25) is 0 Å². The molecule has 1 spiro atoms. The molecule has 2 heteroatoms. The first-order valence-electron chi connectivity index (χ1n) is 7.57. The van der Waals surface area contributed by atoms with Crippen molar-refractivity contribution in [1.29, 1.82) is 0 Å². The van der Waals surface area contributed by atoms with Crippen LogP contribution in [0.15, 0.2) is 0 Å². The molecule has 3 aliphatic rings. The van der Waals surface area contributed by atoms with Gasteiger partial charge < -0.3 is 4.74 Å². The van der Waals surface area contributed by atoms with Gasteiger partial charge in [0.1, 0.15) is 5.72 Å². The highest BCUT2D eigenvalue weighted by molar-refractivity contribution is 4.93.